The lowest BCUT2D eigenvalue weighted by atomic mass is 10.0. The van der Waals surface area contributed by atoms with Crippen LogP contribution in [0, 0.1) is 5.82 Å². The number of rotatable bonds is 4. The minimum absolute atomic E-state index is 0.146. The van der Waals surface area contributed by atoms with Crippen molar-refractivity contribution in [2.75, 3.05) is 24.3 Å². The number of ether oxygens (including phenoxy) is 1. The largest absolute Gasteiger partial charge is 0.497 e. The molecule has 32 heavy (non-hydrogen) atoms. The second-order valence-electron chi connectivity index (χ2n) is 7.71. The van der Waals surface area contributed by atoms with Crippen LogP contribution in [-0.4, -0.2) is 36.1 Å². The van der Waals surface area contributed by atoms with Crippen molar-refractivity contribution < 1.29 is 18.7 Å². The topological polar surface area (TPSA) is 49.9 Å². The van der Waals surface area contributed by atoms with Gasteiger partial charge in [0.25, 0.3) is 11.8 Å². The molecule has 0 aliphatic carbocycles. The monoisotopic (exact) mass is 448 g/mol. The van der Waals surface area contributed by atoms with Crippen molar-refractivity contribution in [1.82, 2.24) is 4.90 Å². The Morgan fingerprint density at radius 2 is 1.78 bits per heavy atom. The molecule has 0 saturated carbocycles. The number of para-hydroxylation sites is 1. The van der Waals surface area contributed by atoms with Gasteiger partial charge >= 0.3 is 0 Å². The number of hydrogen-bond donors (Lipinski definition) is 0. The normalized spacial score (nSPS) is 19.5. The van der Waals surface area contributed by atoms with Crippen LogP contribution in [0.1, 0.15) is 21.5 Å². The third-order valence-corrected chi connectivity index (χ3v) is 7.36. The number of thioether (sulfide) groups is 1. The van der Waals surface area contributed by atoms with Crippen molar-refractivity contribution in [3.63, 3.8) is 0 Å². The van der Waals surface area contributed by atoms with Crippen molar-refractivity contribution in [2.45, 2.75) is 11.4 Å². The van der Waals surface area contributed by atoms with E-state index in [4.69, 9.17) is 4.74 Å². The first-order valence-corrected chi connectivity index (χ1v) is 11.3. The number of anilines is 1. The number of benzene rings is 3. The van der Waals surface area contributed by atoms with E-state index in [1.165, 1.54) is 23.9 Å². The average Bonchev–Trinajstić information content (AvgIpc) is 3.37. The molecule has 7 heteroatoms. The Labute approximate surface area is 189 Å². The molecule has 1 atom stereocenters. The Balaban J connectivity index is 1.54. The first-order valence-electron chi connectivity index (χ1n) is 10.3. The number of fused-ring (bicyclic) bond motifs is 2. The van der Waals surface area contributed by atoms with Gasteiger partial charge < -0.3 is 14.5 Å². The maximum Gasteiger partial charge on any atom is 0.268 e. The fraction of sp³-hybridized carbons (Fsp3) is 0.200. The fourth-order valence-electron chi connectivity index (χ4n) is 4.39. The minimum Gasteiger partial charge on any atom is -0.497 e. The third kappa shape index (κ3) is 3.15. The van der Waals surface area contributed by atoms with E-state index in [1.54, 1.807) is 53.3 Å². The highest BCUT2D eigenvalue weighted by atomic mass is 32.2. The first-order chi connectivity index (χ1) is 15.5. The highest BCUT2D eigenvalue weighted by Crippen LogP contribution is 2.54. The summed E-state index contributed by atoms with van der Waals surface area (Å²) in [4.78, 5) is 29.7. The molecule has 3 aromatic rings. The molecule has 1 unspecified atom stereocenters. The van der Waals surface area contributed by atoms with Crippen LogP contribution in [0.25, 0.3) is 0 Å². The van der Waals surface area contributed by atoms with Crippen LogP contribution in [0.15, 0.2) is 72.8 Å². The molecular formula is C25H21FN2O3S. The van der Waals surface area contributed by atoms with E-state index in [1.807, 2.05) is 24.3 Å². The highest BCUT2D eigenvalue weighted by Gasteiger charge is 2.59. The second-order valence-corrected chi connectivity index (χ2v) is 9.00. The number of carbonyl (C=O) groups is 2. The quantitative estimate of drug-likeness (QED) is 0.593. The van der Waals surface area contributed by atoms with Crippen molar-refractivity contribution >= 4 is 29.3 Å². The van der Waals surface area contributed by atoms with E-state index >= 15 is 0 Å². The lowest BCUT2D eigenvalue weighted by Crippen LogP contribution is -2.50. The van der Waals surface area contributed by atoms with Gasteiger partial charge in [0.2, 0.25) is 0 Å². The molecule has 162 valence electrons. The molecule has 0 radical (unpaired) electrons. The summed E-state index contributed by atoms with van der Waals surface area (Å²) in [6.07, 6.45) is 0. The Bertz CT molecular complexity index is 1180. The van der Waals surface area contributed by atoms with E-state index in [0.717, 1.165) is 16.8 Å². The lowest BCUT2D eigenvalue weighted by molar-refractivity contribution is -0.123. The van der Waals surface area contributed by atoms with Crippen LogP contribution in [0.2, 0.25) is 0 Å². The van der Waals surface area contributed by atoms with Gasteiger partial charge in [0, 0.05) is 23.4 Å². The van der Waals surface area contributed by atoms with Crippen LogP contribution in [0.4, 0.5) is 10.1 Å². The van der Waals surface area contributed by atoms with Crippen molar-refractivity contribution in [2.24, 2.45) is 0 Å². The maximum atomic E-state index is 13.9. The Hall–Kier alpha value is -3.32. The van der Waals surface area contributed by atoms with Crippen LogP contribution in [-0.2, 0) is 16.2 Å². The number of methoxy groups -OCH3 is 1. The van der Waals surface area contributed by atoms with Crippen LogP contribution in [0.5, 0.6) is 5.75 Å². The smallest absolute Gasteiger partial charge is 0.268 e. The second kappa shape index (κ2) is 7.98. The molecule has 0 bridgehead atoms. The molecule has 1 spiro atoms. The lowest BCUT2D eigenvalue weighted by Gasteiger charge is -2.33. The molecule has 2 aliphatic heterocycles. The standard InChI is InChI=1S/C25H21FN2O3S/c1-31-20-12-8-18(9-13-20)23(29)28-14-15-32-25(28)21-4-2-3-5-22(21)27(24(25)30)16-17-6-10-19(26)11-7-17/h2-13H,14-16H2,1H3. The Morgan fingerprint density at radius 1 is 1.06 bits per heavy atom. The van der Waals surface area contributed by atoms with Gasteiger partial charge in [-0.25, -0.2) is 4.39 Å². The van der Waals surface area contributed by atoms with E-state index in [0.29, 0.717) is 30.2 Å². The van der Waals surface area contributed by atoms with Crippen LogP contribution >= 0.6 is 11.8 Å². The molecule has 3 aromatic carbocycles. The number of hydrogen-bond acceptors (Lipinski definition) is 4. The first kappa shape index (κ1) is 20.6. The van der Waals surface area contributed by atoms with Crippen LogP contribution < -0.4 is 9.64 Å². The van der Waals surface area contributed by atoms with E-state index < -0.39 is 4.87 Å². The molecule has 1 fully saturated rings. The molecule has 1 saturated heterocycles. The summed E-state index contributed by atoms with van der Waals surface area (Å²) in [5.74, 6) is 0.671. The van der Waals surface area contributed by atoms with Gasteiger partial charge in [-0.15, -0.1) is 11.8 Å². The van der Waals surface area contributed by atoms with Gasteiger partial charge in [0.15, 0.2) is 4.87 Å². The predicted molar refractivity (Wildman–Crippen MR) is 122 cm³/mol. The fourth-order valence-corrected chi connectivity index (χ4v) is 5.85. The summed E-state index contributed by atoms with van der Waals surface area (Å²) in [6, 6.07) is 20.7. The van der Waals surface area contributed by atoms with E-state index in [9.17, 15) is 14.0 Å². The minimum atomic E-state index is -1.10. The molecular weight excluding hydrogens is 427 g/mol. The SMILES string of the molecule is COc1ccc(C(=O)N2CCSC23C(=O)N(Cc2ccc(F)cc2)c2ccccc23)cc1. The number of amides is 2. The molecule has 5 rings (SSSR count). The van der Waals surface area contributed by atoms with Crippen molar-refractivity contribution in [3.05, 3.63) is 95.3 Å². The molecule has 0 N–H and O–H groups in total. The van der Waals surface area contributed by atoms with E-state index in [2.05, 4.69) is 0 Å². The van der Waals surface area contributed by atoms with Crippen LogP contribution in [0.3, 0.4) is 0 Å². The maximum absolute atomic E-state index is 13.9. The van der Waals surface area contributed by atoms with Gasteiger partial charge in [-0.2, -0.15) is 0 Å². The van der Waals surface area contributed by atoms with Gasteiger partial charge in [0.1, 0.15) is 11.6 Å². The van der Waals surface area contributed by atoms with Gasteiger partial charge in [-0.3, -0.25) is 9.59 Å². The van der Waals surface area contributed by atoms with Gasteiger partial charge in [0.05, 0.1) is 19.3 Å². The number of halogens is 1. The third-order valence-electron chi connectivity index (χ3n) is 5.94. The van der Waals surface area contributed by atoms with Gasteiger partial charge in [-0.1, -0.05) is 30.3 Å². The summed E-state index contributed by atoms with van der Waals surface area (Å²) >= 11 is 1.49. The molecule has 2 aliphatic rings. The number of carbonyl (C=O) groups excluding carboxylic acids is 2. The van der Waals surface area contributed by atoms with Crippen molar-refractivity contribution in [3.8, 4) is 5.75 Å². The number of nitrogens with zero attached hydrogens (tertiary/aromatic N) is 2. The molecule has 2 heterocycles. The predicted octanol–water partition coefficient (Wildman–Crippen LogP) is 4.42. The Morgan fingerprint density at radius 3 is 2.50 bits per heavy atom. The molecule has 0 aromatic heterocycles. The molecule has 2 amide bonds. The Kier molecular flexibility index (Phi) is 5.13. The summed E-state index contributed by atoms with van der Waals surface area (Å²) in [5, 5.41) is 0. The highest BCUT2D eigenvalue weighted by molar-refractivity contribution is 8.01. The van der Waals surface area contributed by atoms with Crippen molar-refractivity contribution in [1.29, 1.82) is 0 Å². The van der Waals surface area contributed by atoms with Gasteiger partial charge in [-0.05, 0) is 48.0 Å². The zero-order chi connectivity index (χ0) is 22.3. The molecule has 5 nitrogen and oxygen atoms in total. The summed E-state index contributed by atoms with van der Waals surface area (Å²) in [6.45, 7) is 0.781. The zero-order valence-corrected chi connectivity index (χ0v) is 18.3. The van der Waals surface area contributed by atoms with E-state index in [-0.39, 0.29) is 17.6 Å². The summed E-state index contributed by atoms with van der Waals surface area (Å²) < 4.78 is 18.6. The zero-order valence-electron chi connectivity index (χ0n) is 17.5. The summed E-state index contributed by atoms with van der Waals surface area (Å²) in [5.41, 5.74) is 2.93. The average molecular weight is 449 g/mol. The summed E-state index contributed by atoms with van der Waals surface area (Å²) in [7, 11) is 1.58.